The molecule has 0 unspecified atom stereocenters. The van der Waals surface area contributed by atoms with Crippen molar-refractivity contribution in [2.24, 2.45) is 0 Å². The number of amides is 2. The Hall–Kier alpha value is -4.48. The summed E-state index contributed by atoms with van der Waals surface area (Å²) in [5.41, 5.74) is 2.56. The van der Waals surface area contributed by atoms with Gasteiger partial charge in [-0.1, -0.05) is 6.07 Å². The number of likely N-dealkylation sites (N-methyl/N-ethyl adjacent to an activating group) is 2. The summed E-state index contributed by atoms with van der Waals surface area (Å²) < 4.78 is 11.7. The average Bonchev–Trinajstić information content (AvgIpc) is 3.28. The van der Waals surface area contributed by atoms with Gasteiger partial charge in [0.25, 0.3) is 5.91 Å². The summed E-state index contributed by atoms with van der Waals surface area (Å²) in [5.74, 6) is 1.57. The first-order valence-electron chi connectivity index (χ1n) is 13.1. The molecule has 2 N–H and O–H groups in total. The average molecular weight is 544 g/mol. The van der Waals surface area contributed by atoms with Gasteiger partial charge >= 0.3 is 0 Å². The number of aromatic nitrogens is 2. The van der Waals surface area contributed by atoms with Crippen molar-refractivity contribution in [1.29, 1.82) is 0 Å². The van der Waals surface area contributed by atoms with Crippen LogP contribution in [0.3, 0.4) is 0 Å². The zero-order valence-electron chi connectivity index (χ0n) is 23.1. The topological polar surface area (TPSA) is 116 Å². The highest BCUT2D eigenvalue weighted by molar-refractivity contribution is 6.07. The van der Waals surface area contributed by atoms with Gasteiger partial charge in [0.05, 0.1) is 12.1 Å². The standard InChI is InChI=1S/C29H33N7O4/c1-19-27(28(38)30-2)23-9-8-22(17-24(23)39-19)40-25-10-11-31-29(33-25)32-20-6-5-7-21(16-20)35(4)26(37)18-36-14-12-34(3)13-15-36/h5-11,16-17H,12-15,18H2,1-4H3,(H,30,38)(H,31,32,33). The van der Waals surface area contributed by atoms with Gasteiger partial charge in [-0.25, -0.2) is 4.98 Å². The van der Waals surface area contributed by atoms with E-state index in [1.807, 2.05) is 24.3 Å². The Labute approximate surface area is 232 Å². The molecule has 1 aliphatic rings. The van der Waals surface area contributed by atoms with Crippen LogP contribution in [0, 0.1) is 6.92 Å². The third kappa shape index (κ3) is 6.05. The molecule has 2 aromatic heterocycles. The van der Waals surface area contributed by atoms with Crippen molar-refractivity contribution in [3.63, 3.8) is 0 Å². The maximum atomic E-state index is 12.9. The molecule has 1 fully saturated rings. The first-order valence-corrected chi connectivity index (χ1v) is 13.1. The van der Waals surface area contributed by atoms with Gasteiger partial charge in [0.1, 0.15) is 17.1 Å². The molecule has 0 spiro atoms. The van der Waals surface area contributed by atoms with Crippen LogP contribution in [0.4, 0.5) is 17.3 Å². The molecule has 2 amide bonds. The van der Waals surface area contributed by atoms with Crippen molar-refractivity contribution in [3.05, 3.63) is 66.1 Å². The highest BCUT2D eigenvalue weighted by Gasteiger charge is 2.20. The summed E-state index contributed by atoms with van der Waals surface area (Å²) in [7, 11) is 5.47. The van der Waals surface area contributed by atoms with Crippen molar-refractivity contribution >= 4 is 40.1 Å². The summed E-state index contributed by atoms with van der Waals surface area (Å²) >= 11 is 0. The molecular formula is C29H33N7O4. The van der Waals surface area contributed by atoms with Crippen LogP contribution in [0.5, 0.6) is 11.6 Å². The minimum Gasteiger partial charge on any atom is -0.460 e. The number of nitrogens with one attached hydrogen (secondary N) is 2. The van der Waals surface area contributed by atoms with E-state index in [0.717, 1.165) is 37.6 Å². The number of furan rings is 1. The molecule has 0 aliphatic carbocycles. The second-order valence-electron chi connectivity index (χ2n) is 9.80. The van der Waals surface area contributed by atoms with Gasteiger partial charge in [-0.3, -0.25) is 14.5 Å². The highest BCUT2D eigenvalue weighted by Crippen LogP contribution is 2.31. The third-order valence-corrected chi connectivity index (χ3v) is 6.96. The minimum absolute atomic E-state index is 0.0412. The van der Waals surface area contributed by atoms with E-state index in [4.69, 9.17) is 9.15 Å². The molecule has 4 aromatic rings. The smallest absolute Gasteiger partial charge is 0.255 e. The molecule has 1 saturated heterocycles. The number of piperazine rings is 1. The summed E-state index contributed by atoms with van der Waals surface area (Å²) in [6, 6.07) is 14.5. The van der Waals surface area contributed by atoms with E-state index in [9.17, 15) is 9.59 Å². The Morgan fingerprint density at radius 3 is 2.67 bits per heavy atom. The molecule has 11 nitrogen and oxygen atoms in total. The second kappa shape index (κ2) is 11.7. The number of nitrogens with zero attached hydrogens (tertiary/aromatic N) is 5. The van der Waals surface area contributed by atoms with Crippen LogP contribution in [-0.2, 0) is 4.79 Å². The summed E-state index contributed by atoms with van der Waals surface area (Å²) in [4.78, 5) is 40.0. The summed E-state index contributed by atoms with van der Waals surface area (Å²) in [6.07, 6.45) is 1.60. The maximum absolute atomic E-state index is 12.9. The van der Waals surface area contributed by atoms with Gasteiger partial charge < -0.3 is 29.6 Å². The molecule has 0 saturated carbocycles. The van der Waals surface area contributed by atoms with Crippen molar-refractivity contribution in [1.82, 2.24) is 25.1 Å². The molecule has 2 aromatic carbocycles. The number of rotatable bonds is 8. The minimum atomic E-state index is -0.203. The molecule has 0 atom stereocenters. The lowest BCUT2D eigenvalue weighted by molar-refractivity contribution is -0.119. The van der Waals surface area contributed by atoms with Crippen molar-refractivity contribution in [2.75, 3.05) is 64.1 Å². The number of carbonyl (C=O) groups excluding carboxylic acids is 2. The first-order chi connectivity index (χ1) is 19.3. The number of hydrogen-bond acceptors (Lipinski definition) is 9. The fourth-order valence-electron chi connectivity index (χ4n) is 4.62. The molecule has 40 heavy (non-hydrogen) atoms. The predicted octanol–water partition coefficient (Wildman–Crippen LogP) is 3.64. The Kier molecular flexibility index (Phi) is 7.94. The predicted molar refractivity (Wildman–Crippen MR) is 154 cm³/mol. The lowest BCUT2D eigenvalue weighted by Gasteiger charge is -2.32. The van der Waals surface area contributed by atoms with E-state index in [2.05, 4.69) is 37.4 Å². The number of benzene rings is 2. The van der Waals surface area contributed by atoms with Crippen LogP contribution in [0.25, 0.3) is 11.0 Å². The van der Waals surface area contributed by atoms with E-state index < -0.39 is 0 Å². The Bertz CT molecular complexity index is 1530. The number of aryl methyl sites for hydroxylation is 1. The monoisotopic (exact) mass is 543 g/mol. The normalized spacial score (nSPS) is 14.2. The lowest BCUT2D eigenvalue weighted by atomic mass is 10.1. The lowest BCUT2D eigenvalue weighted by Crippen LogP contribution is -2.48. The van der Waals surface area contributed by atoms with Crippen LogP contribution >= 0.6 is 0 Å². The number of anilines is 3. The number of fused-ring (bicyclic) bond motifs is 1. The van der Waals surface area contributed by atoms with Gasteiger partial charge in [-0.15, -0.1) is 0 Å². The number of ether oxygens (including phenoxy) is 1. The summed E-state index contributed by atoms with van der Waals surface area (Å²) in [5, 5.41) is 6.54. The van der Waals surface area contributed by atoms with E-state index in [1.54, 1.807) is 56.4 Å². The van der Waals surface area contributed by atoms with Crippen LogP contribution in [0.1, 0.15) is 16.1 Å². The molecule has 1 aliphatic heterocycles. The van der Waals surface area contributed by atoms with Crippen LogP contribution in [0.15, 0.2) is 59.1 Å². The SMILES string of the molecule is CNC(=O)c1c(C)oc2cc(Oc3ccnc(Nc4cccc(N(C)C(=O)CN5CCN(C)CC5)c4)n3)ccc12. The first kappa shape index (κ1) is 27.1. The molecule has 208 valence electrons. The van der Waals surface area contributed by atoms with Crippen molar-refractivity contribution in [3.8, 4) is 11.6 Å². The Morgan fingerprint density at radius 1 is 1.10 bits per heavy atom. The third-order valence-electron chi connectivity index (χ3n) is 6.96. The van der Waals surface area contributed by atoms with Crippen LogP contribution in [-0.4, -0.2) is 85.4 Å². The summed E-state index contributed by atoms with van der Waals surface area (Å²) in [6.45, 7) is 5.85. The molecular weight excluding hydrogens is 510 g/mol. The maximum Gasteiger partial charge on any atom is 0.255 e. The Morgan fingerprint density at radius 2 is 1.90 bits per heavy atom. The number of carbonyl (C=O) groups is 2. The fourth-order valence-corrected chi connectivity index (χ4v) is 4.62. The van der Waals surface area contributed by atoms with Crippen LogP contribution in [0.2, 0.25) is 0 Å². The van der Waals surface area contributed by atoms with E-state index in [0.29, 0.717) is 46.4 Å². The largest absolute Gasteiger partial charge is 0.460 e. The molecule has 0 bridgehead atoms. The zero-order valence-corrected chi connectivity index (χ0v) is 23.1. The van der Waals surface area contributed by atoms with E-state index in [1.165, 1.54) is 0 Å². The molecule has 3 heterocycles. The van der Waals surface area contributed by atoms with Crippen molar-refractivity contribution in [2.45, 2.75) is 6.92 Å². The Balaban J connectivity index is 1.25. The molecule has 11 heteroatoms. The van der Waals surface area contributed by atoms with Crippen molar-refractivity contribution < 1.29 is 18.7 Å². The molecule has 5 rings (SSSR count). The van der Waals surface area contributed by atoms with Gasteiger partial charge in [0.2, 0.25) is 17.7 Å². The number of hydrogen-bond donors (Lipinski definition) is 2. The quantitative estimate of drug-likeness (QED) is 0.344. The van der Waals surface area contributed by atoms with Gasteiger partial charge in [0.15, 0.2) is 0 Å². The van der Waals surface area contributed by atoms with Gasteiger partial charge in [-0.2, -0.15) is 4.98 Å². The van der Waals surface area contributed by atoms with E-state index in [-0.39, 0.29) is 11.8 Å². The zero-order chi connectivity index (χ0) is 28.2. The van der Waals surface area contributed by atoms with E-state index >= 15 is 0 Å². The molecule has 0 radical (unpaired) electrons. The van der Waals surface area contributed by atoms with Gasteiger partial charge in [0, 0.05) is 75.4 Å². The second-order valence-corrected chi connectivity index (χ2v) is 9.80. The van der Waals surface area contributed by atoms with Crippen LogP contribution < -0.4 is 20.3 Å². The fraction of sp³-hybridized carbons (Fsp3) is 0.310. The van der Waals surface area contributed by atoms with Gasteiger partial charge in [-0.05, 0) is 44.3 Å². The highest BCUT2D eigenvalue weighted by atomic mass is 16.5.